The molecule has 0 aliphatic carbocycles. The third-order valence-corrected chi connectivity index (χ3v) is 3.14. The first-order valence-corrected chi connectivity index (χ1v) is 6.67. The number of pyridine rings is 1. The molecule has 1 unspecified atom stereocenters. The Morgan fingerprint density at radius 1 is 1.47 bits per heavy atom. The van der Waals surface area contributed by atoms with Crippen molar-refractivity contribution in [1.29, 1.82) is 0 Å². The third-order valence-electron chi connectivity index (χ3n) is 3.14. The fourth-order valence-electron chi connectivity index (χ4n) is 2.36. The summed E-state index contributed by atoms with van der Waals surface area (Å²) in [5, 5.41) is 6.81. The second-order valence-electron chi connectivity index (χ2n) is 5.23. The van der Waals surface area contributed by atoms with Crippen molar-refractivity contribution in [3.05, 3.63) is 23.9 Å². The van der Waals surface area contributed by atoms with Crippen molar-refractivity contribution in [3.63, 3.8) is 0 Å². The van der Waals surface area contributed by atoms with Gasteiger partial charge in [-0.25, -0.2) is 4.98 Å². The van der Waals surface area contributed by atoms with Crippen molar-refractivity contribution < 1.29 is 0 Å². The van der Waals surface area contributed by atoms with E-state index >= 15 is 0 Å². The average molecular weight is 233 g/mol. The minimum Gasteiger partial charge on any atom is -0.368 e. The van der Waals surface area contributed by atoms with Crippen LogP contribution in [0.25, 0.3) is 0 Å². The summed E-state index contributed by atoms with van der Waals surface area (Å²) in [6.07, 6.45) is 3.73. The molecular formula is C14H23N3. The van der Waals surface area contributed by atoms with E-state index in [4.69, 9.17) is 0 Å². The summed E-state index contributed by atoms with van der Waals surface area (Å²) in [5.41, 5.74) is 1.21. The van der Waals surface area contributed by atoms with Gasteiger partial charge in [0.05, 0.1) is 0 Å². The summed E-state index contributed by atoms with van der Waals surface area (Å²) >= 11 is 0. The number of hydrogen-bond donors (Lipinski definition) is 2. The van der Waals surface area contributed by atoms with Crippen molar-refractivity contribution in [1.82, 2.24) is 10.3 Å². The molecule has 1 atom stereocenters. The summed E-state index contributed by atoms with van der Waals surface area (Å²) in [6, 6.07) is 6.72. The quantitative estimate of drug-likeness (QED) is 0.838. The molecule has 17 heavy (non-hydrogen) atoms. The number of piperidine rings is 1. The van der Waals surface area contributed by atoms with Crippen molar-refractivity contribution in [2.24, 2.45) is 5.92 Å². The molecule has 1 aliphatic heterocycles. The molecule has 1 saturated heterocycles. The largest absolute Gasteiger partial charge is 0.368 e. The molecule has 0 spiro atoms. The number of aromatic nitrogens is 1. The summed E-state index contributed by atoms with van der Waals surface area (Å²) in [4.78, 5) is 4.67. The van der Waals surface area contributed by atoms with Crippen molar-refractivity contribution >= 4 is 5.82 Å². The molecule has 1 fully saturated rings. The van der Waals surface area contributed by atoms with E-state index in [2.05, 4.69) is 41.6 Å². The molecule has 2 N–H and O–H groups in total. The van der Waals surface area contributed by atoms with Crippen LogP contribution < -0.4 is 10.6 Å². The summed E-state index contributed by atoms with van der Waals surface area (Å²) in [6.45, 7) is 6.60. The van der Waals surface area contributed by atoms with Crippen LogP contribution in [0.5, 0.6) is 0 Å². The van der Waals surface area contributed by atoms with Crippen LogP contribution in [0.15, 0.2) is 18.2 Å². The topological polar surface area (TPSA) is 37.0 Å². The predicted molar refractivity (Wildman–Crippen MR) is 72.3 cm³/mol. The van der Waals surface area contributed by atoms with Gasteiger partial charge in [-0.15, -0.1) is 0 Å². The maximum atomic E-state index is 4.67. The molecule has 3 heteroatoms. The lowest BCUT2D eigenvalue weighted by Crippen LogP contribution is -2.31. The lowest BCUT2D eigenvalue weighted by Gasteiger charge is -2.22. The van der Waals surface area contributed by atoms with Gasteiger partial charge in [-0.3, -0.25) is 0 Å². The summed E-state index contributed by atoms with van der Waals surface area (Å²) < 4.78 is 0. The number of nitrogens with one attached hydrogen (secondary N) is 2. The standard InChI is InChI=1S/C14H23N3/c1-11(2)16-14-7-3-6-13(17-14)9-12-5-4-8-15-10-12/h3,6-7,11-12,15H,4-5,8-10H2,1-2H3,(H,16,17). The molecule has 3 nitrogen and oxygen atoms in total. The Morgan fingerprint density at radius 3 is 3.06 bits per heavy atom. The zero-order valence-electron chi connectivity index (χ0n) is 10.9. The van der Waals surface area contributed by atoms with Gasteiger partial charge in [0.25, 0.3) is 0 Å². The number of hydrogen-bond acceptors (Lipinski definition) is 3. The van der Waals surface area contributed by atoms with E-state index in [9.17, 15) is 0 Å². The van der Waals surface area contributed by atoms with Gasteiger partial charge in [0.1, 0.15) is 5.82 Å². The monoisotopic (exact) mass is 233 g/mol. The zero-order valence-corrected chi connectivity index (χ0v) is 10.9. The molecule has 1 aromatic heterocycles. The Balaban J connectivity index is 1.95. The highest BCUT2D eigenvalue weighted by atomic mass is 15.0. The van der Waals surface area contributed by atoms with Crippen LogP contribution in [0.4, 0.5) is 5.82 Å². The van der Waals surface area contributed by atoms with E-state index in [1.165, 1.54) is 25.1 Å². The maximum absolute atomic E-state index is 4.67. The summed E-state index contributed by atoms with van der Waals surface area (Å²) in [7, 11) is 0. The predicted octanol–water partition coefficient (Wildman–Crippen LogP) is 2.44. The highest BCUT2D eigenvalue weighted by Crippen LogP contribution is 2.16. The minimum atomic E-state index is 0.439. The Kier molecular flexibility index (Phi) is 4.37. The van der Waals surface area contributed by atoms with Crippen LogP contribution in [0.1, 0.15) is 32.4 Å². The Bertz CT molecular complexity index is 343. The molecule has 1 aromatic rings. The minimum absolute atomic E-state index is 0.439. The molecule has 94 valence electrons. The van der Waals surface area contributed by atoms with E-state index in [0.29, 0.717) is 6.04 Å². The van der Waals surface area contributed by atoms with Gasteiger partial charge in [0, 0.05) is 11.7 Å². The first-order chi connectivity index (χ1) is 8.24. The fourth-order valence-corrected chi connectivity index (χ4v) is 2.36. The zero-order chi connectivity index (χ0) is 12.1. The molecule has 1 aliphatic rings. The molecule has 0 amide bonds. The smallest absolute Gasteiger partial charge is 0.126 e. The number of anilines is 1. The van der Waals surface area contributed by atoms with Crippen LogP contribution in [0, 0.1) is 5.92 Å². The molecule has 2 heterocycles. The number of nitrogens with zero attached hydrogens (tertiary/aromatic N) is 1. The second-order valence-corrected chi connectivity index (χ2v) is 5.23. The van der Waals surface area contributed by atoms with Gasteiger partial charge in [-0.05, 0) is 64.3 Å². The first kappa shape index (κ1) is 12.4. The SMILES string of the molecule is CC(C)Nc1cccc(CC2CCCNC2)n1. The van der Waals surface area contributed by atoms with Gasteiger partial charge in [-0.2, -0.15) is 0 Å². The fraction of sp³-hybridized carbons (Fsp3) is 0.643. The molecule has 0 saturated carbocycles. The van der Waals surface area contributed by atoms with E-state index in [1.54, 1.807) is 0 Å². The second kappa shape index (κ2) is 6.01. The van der Waals surface area contributed by atoms with Crippen LogP contribution in [0.2, 0.25) is 0 Å². The average Bonchev–Trinajstić information content (AvgIpc) is 2.30. The van der Waals surface area contributed by atoms with E-state index in [0.717, 1.165) is 24.7 Å². The lowest BCUT2D eigenvalue weighted by atomic mass is 9.94. The lowest BCUT2D eigenvalue weighted by molar-refractivity contribution is 0.373. The van der Waals surface area contributed by atoms with Crippen LogP contribution in [0.3, 0.4) is 0 Å². The molecule has 0 bridgehead atoms. The molecule has 0 aromatic carbocycles. The Morgan fingerprint density at radius 2 is 2.35 bits per heavy atom. The first-order valence-electron chi connectivity index (χ1n) is 6.67. The van der Waals surface area contributed by atoms with Gasteiger partial charge in [0.15, 0.2) is 0 Å². The van der Waals surface area contributed by atoms with Crippen molar-refractivity contribution in [2.45, 2.75) is 39.2 Å². The van der Waals surface area contributed by atoms with E-state index in [-0.39, 0.29) is 0 Å². The maximum Gasteiger partial charge on any atom is 0.126 e. The Hall–Kier alpha value is -1.09. The molecular weight excluding hydrogens is 210 g/mol. The van der Waals surface area contributed by atoms with Crippen molar-refractivity contribution in [3.8, 4) is 0 Å². The van der Waals surface area contributed by atoms with Crippen LogP contribution in [-0.4, -0.2) is 24.1 Å². The summed E-state index contributed by atoms with van der Waals surface area (Å²) in [5.74, 6) is 1.76. The molecule has 2 rings (SSSR count). The normalized spacial score (nSPS) is 20.5. The Labute approximate surface area is 104 Å². The van der Waals surface area contributed by atoms with Gasteiger partial charge in [0.2, 0.25) is 0 Å². The van der Waals surface area contributed by atoms with Gasteiger partial charge >= 0.3 is 0 Å². The van der Waals surface area contributed by atoms with E-state index < -0.39 is 0 Å². The highest BCUT2D eigenvalue weighted by Gasteiger charge is 2.14. The third kappa shape index (κ3) is 4.00. The van der Waals surface area contributed by atoms with Gasteiger partial charge in [-0.1, -0.05) is 6.07 Å². The van der Waals surface area contributed by atoms with Crippen molar-refractivity contribution in [2.75, 3.05) is 18.4 Å². The van der Waals surface area contributed by atoms with Crippen LogP contribution in [-0.2, 0) is 6.42 Å². The highest BCUT2D eigenvalue weighted by molar-refractivity contribution is 5.36. The number of rotatable bonds is 4. The van der Waals surface area contributed by atoms with Gasteiger partial charge < -0.3 is 10.6 Å². The van der Waals surface area contributed by atoms with E-state index in [1.807, 2.05) is 6.07 Å². The van der Waals surface area contributed by atoms with Crippen LogP contribution >= 0.6 is 0 Å². The molecule has 0 radical (unpaired) electrons.